The van der Waals surface area contributed by atoms with Gasteiger partial charge in [-0.2, -0.15) is 0 Å². The molecular formula is C12H22N4O. The second kappa shape index (κ2) is 5.60. The van der Waals surface area contributed by atoms with Gasteiger partial charge in [0.15, 0.2) is 0 Å². The zero-order valence-electron chi connectivity index (χ0n) is 10.7. The van der Waals surface area contributed by atoms with Gasteiger partial charge in [-0.25, -0.2) is 4.68 Å². The summed E-state index contributed by atoms with van der Waals surface area (Å²) in [6.45, 7) is 3.32. The van der Waals surface area contributed by atoms with Crippen LogP contribution in [0.25, 0.3) is 0 Å². The van der Waals surface area contributed by atoms with Crippen molar-refractivity contribution in [1.82, 2.24) is 15.0 Å². The number of rotatable bonds is 6. The van der Waals surface area contributed by atoms with Crippen LogP contribution in [0.4, 0.5) is 0 Å². The number of hydrogen-bond donors (Lipinski definition) is 1. The van der Waals surface area contributed by atoms with Crippen LogP contribution < -0.4 is 5.73 Å². The summed E-state index contributed by atoms with van der Waals surface area (Å²) in [5, 5.41) is 8.51. The molecule has 0 aromatic carbocycles. The largest absolute Gasteiger partial charge is 0.382 e. The van der Waals surface area contributed by atoms with E-state index >= 15 is 0 Å². The van der Waals surface area contributed by atoms with Crippen LogP contribution in [0.3, 0.4) is 0 Å². The van der Waals surface area contributed by atoms with Crippen molar-refractivity contribution >= 4 is 0 Å². The Labute approximate surface area is 102 Å². The SMILES string of the molecule is CCC(COC)n1nnc(CN)c1C1CCC1. The van der Waals surface area contributed by atoms with Gasteiger partial charge in [0.2, 0.25) is 0 Å². The van der Waals surface area contributed by atoms with E-state index < -0.39 is 0 Å². The lowest BCUT2D eigenvalue weighted by molar-refractivity contribution is 0.142. The van der Waals surface area contributed by atoms with Crippen molar-refractivity contribution < 1.29 is 4.74 Å². The van der Waals surface area contributed by atoms with Gasteiger partial charge in [-0.1, -0.05) is 18.6 Å². The molecule has 0 radical (unpaired) electrons. The molecule has 0 aliphatic heterocycles. The fourth-order valence-electron chi connectivity index (χ4n) is 2.41. The van der Waals surface area contributed by atoms with E-state index in [4.69, 9.17) is 10.5 Å². The molecule has 1 aliphatic carbocycles. The van der Waals surface area contributed by atoms with E-state index in [0.717, 1.165) is 12.1 Å². The topological polar surface area (TPSA) is 66.0 Å². The Balaban J connectivity index is 2.28. The monoisotopic (exact) mass is 238 g/mol. The Morgan fingerprint density at radius 1 is 1.53 bits per heavy atom. The minimum Gasteiger partial charge on any atom is -0.382 e. The minimum absolute atomic E-state index is 0.281. The molecule has 0 saturated heterocycles. The van der Waals surface area contributed by atoms with Crippen LogP contribution in [0, 0.1) is 0 Å². The summed E-state index contributed by atoms with van der Waals surface area (Å²) < 4.78 is 7.31. The molecule has 0 bridgehead atoms. The predicted octanol–water partition coefficient (Wildman–Crippen LogP) is 1.60. The molecule has 1 aliphatic rings. The van der Waals surface area contributed by atoms with Crippen molar-refractivity contribution in [3.63, 3.8) is 0 Å². The summed E-state index contributed by atoms with van der Waals surface area (Å²) in [5.74, 6) is 0.606. The third-order valence-electron chi connectivity index (χ3n) is 3.67. The highest BCUT2D eigenvalue weighted by atomic mass is 16.5. The smallest absolute Gasteiger partial charge is 0.0997 e. The van der Waals surface area contributed by atoms with Crippen LogP contribution in [0.2, 0.25) is 0 Å². The summed E-state index contributed by atoms with van der Waals surface area (Å²) >= 11 is 0. The normalized spacial score (nSPS) is 18.1. The molecule has 1 atom stereocenters. The van der Waals surface area contributed by atoms with Crippen LogP contribution in [0.15, 0.2) is 0 Å². The molecule has 5 nitrogen and oxygen atoms in total. The lowest BCUT2D eigenvalue weighted by Crippen LogP contribution is -2.23. The van der Waals surface area contributed by atoms with E-state index in [0.29, 0.717) is 19.1 Å². The van der Waals surface area contributed by atoms with Crippen molar-refractivity contribution in [1.29, 1.82) is 0 Å². The molecule has 96 valence electrons. The Kier molecular flexibility index (Phi) is 4.12. The first-order valence-corrected chi connectivity index (χ1v) is 6.44. The van der Waals surface area contributed by atoms with Gasteiger partial charge in [-0.15, -0.1) is 5.10 Å². The second-order valence-electron chi connectivity index (χ2n) is 4.72. The number of nitrogens with two attached hydrogens (primary N) is 1. The number of aromatic nitrogens is 3. The van der Waals surface area contributed by atoms with Gasteiger partial charge >= 0.3 is 0 Å². The summed E-state index contributed by atoms with van der Waals surface area (Å²) in [7, 11) is 1.73. The van der Waals surface area contributed by atoms with Crippen LogP contribution >= 0.6 is 0 Å². The van der Waals surface area contributed by atoms with Crippen LogP contribution in [0.1, 0.15) is 56.0 Å². The molecule has 1 saturated carbocycles. The first kappa shape index (κ1) is 12.5. The number of ether oxygens (including phenoxy) is 1. The third-order valence-corrected chi connectivity index (χ3v) is 3.67. The molecule has 5 heteroatoms. The van der Waals surface area contributed by atoms with Crippen molar-refractivity contribution in [2.24, 2.45) is 5.73 Å². The van der Waals surface area contributed by atoms with E-state index in [-0.39, 0.29) is 6.04 Å². The zero-order valence-corrected chi connectivity index (χ0v) is 10.7. The molecule has 17 heavy (non-hydrogen) atoms. The molecular weight excluding hydrogens is 216 g/mol. The van der Waals surface area contributed by atoms with Gasteiger partial charge in [0, 0.05) is 19.6 Å². The first-order chi connectivity index (χ1) is 8.31. The average molecular weight is 238 g/mol. The van der Waals surface area contributed by atoms with Crippen LogP contribution in [-0.4, -0.2) is 28.7 Å². The van der Waals surface area contributed by atoms with Crippen LogP contribution in [0.5, 0.6) is 0 Å². The van der Waals surface area contributed by atoms with Crippen molar-refractivity contribution in [2.45, 2.75) is 51.1 Å². The quantitative estimate of drug-likeness (QED) is 0.817. The van der Waals surface area contributed by atoms with Gasteiger partial charge in [-0.3, -0.25) is 0 Å². The maximum Gasteiger partial charge on any atom is 0.0997 e. The molecule has 1 aromatic heterocycles. The Hall–Kier alpha value is -0.940. The third kappa shape index (κ3) is 2.35. The Bertz CT molecular complexity index is 359. The molecule has 0 amide bonds. The standard InChI is InChI=1S/C12H22N4O/c1-3-10(8-17-2)16-12(9-5-4-6-9)11(7-13)14-15-16/h9-10H,3-8,13H2,1-2H3. The number of methoxy groups -OCH3 is 1. The van der Waals surface area contributed by atoms with E-state index in [2.05, 4.69) is 21.9 Å². The minimum atomic E-state index is 0.281. The van der Waals surface area contributed by atoms with Crippen LogP contribution in [-0.2, 0) is 11.3 Å². The van der Waals surface area contributed by atoms with Crippen molar-refractivity contribution in [3.05, 3.63) is 11.4 Å². The summed E-state index contributed by atoms with van der Waals surface area (Å²) in [4.78, 5) is 0. The van der Waals surface area contributed by atoms with Crippen molar-refractivity contribution in [3.8, 4) is 0 Å². The van der Waals surface area contributed by atoms with E-state index in [1.807, 2.05) is 0 Å². The maximum absolute atomic E-state index is 5.75. The lowest BCUT2D eigenvalue weighted by atomic mass is 9.82. The predicted molar refractivity (Wildman–Crippen MR) is 65.7 cm³/mol. The van der Waals surface area contributed by atoms with Gasteiger partial charge in [0.25, 0.3) is 0 Å². The molecule has 1 heterocycles. The molecule has 1 fully saturated rings. The average Bonchev–Trinajstić information content (AvgIpc) is 2.67. The molecule has 1 aromatic rings. The highest BCUT2D eigenvalue weighted by Gasteiger charge is 2.29. The maximum atomic E-state index is 5.75. The molecule has 0 spiro atoms. The van der Waals surface area contributed by atoms with Gasteiger partial charge in [-0.05, 0) is 19.3 Å². The fraction of sp³-hybridized carbons (Fsp3) is 0.833. The molecule has 2 N–H and O–H groups in total. The highest BCUT2D eigenvalue weighted by Crippen LogP contribution is 2.38. The Morgan fingerprint density at radius 2 is 2.29 bits per heavy atom. The number of nitrogens with zero attached hydrogens (tertiary/aromatic N) is 3. The van der Waals surface area contributed by atoms with Gasteiger partial charge in [0.05, 0.1) is 24.0 Å². The summed E-state index contributed by atoms with van der Waals surface area (Å²) in [6, 6.07) is 0.281. The van der Waals surface area contributed by atoms with E-state index in [9.17, 15) is 0 Å². The fourth-order valence-corrected chi connectivity index (χ4v) is 2.41. The second-order valence-corrected chi connectivity index (χ2v) is 4.72. The van der Waals surface area contributed by atoms with E-state index in [1.165, 1.54) is 25.0 Å². The zero-order chi connectivity index (χ0) is 12.3. The lowest BCUT2D eigenvalue weighted by Gasteiger charge is -2.28. The van der Waals surface area contributed by atoms with Gasteiger partial charge < -0.3 is 10.5 Å². The number of hydrogen-bond acceptors (Lipinski definition) is 4. The highest BCUT2D eigenvalue weighted by molar-refractivity contribution is 5.18. The van der Waals surface area contributed by atoms with E-state index in [1.54, 1.807) is 7.11 Å². The van der Waals surface area contributed by atoms with Crippen molar-refractivity contribution in [2.75, 3.05) is 13.7 Å². The molecule has 1 unspecified atom stereocenters. The first-order valence-electron chi connectivity index (χ1n) is 6.44. The summed E-state index contributed by atoms with van der Waals surface area (Å²) in [6.07, 6.45) is 4.79. The van der Waals surface area contributed by atoms with Gasteiger partial charge in [0.1, 0.15) is 0 Å². The summed E-state index contributed by atoms with van der Waals surface area (Å²) in [5.41, 5.74) is 7.96. The Morgan fingerprint density at radius 3 is 2.76 bits per heavy atom. The molecule has 2 rings (SSSR count).